The van der Waals surface area contributed by atoms with Gasteiger partial charge in [0.25, 0.3) is 5.56 Å². The molecule has 0 saturated carbocycles. The van der Waals surface area contributed by atoms with Crippen LogP contribution < -0.4 is 17.0 Å². The van der Waals surface area contributed by atoms with Gasteiger partial charge in [0.15, 0.2) is 17.4 Å². The molecule has 3 rings (SSSR count). The maximum Gasteiger partial charge on any atom is 0.333 e. The number of nitrogens with two attached hydrogens (primary N) is 1. The van der Waals surface area contributed by atoms with E-state index in [9.17, 15) is 24.9 Å². The lowest BCUT2D eigenvalue weighted by Gasteiger charge is -2.15. The molecule has 1 aliphatic heterocycles. The predicted molar refractivity (Wildman–Crippen MR) is 88.3 cm³/mol. The second-order valence-corrected chi connectivity index (χ2v) is 5.77. The van der Waals surface area contributed by atoms with Gasteiger partial charge in [-0.1, -0.05) is 12.2 Å². The van der Waals surface area contributed by atoms with Crippen LogP contribution in [-0.4, -0.2) is 71.1 Å². The van der Waals surface area contributed by atoms with Gasteiger partial charge in [-0.25, -0.2) is 9.36 Å². The van der Waals surface area contributed by atoms with Gasteiger partial charge in [0.1, 0.15) is 18.3 Å². The molecule has 12 nitrogen and oxygen atoms in total. The van der Waals surface area contributed by atoms with Crippen LogP contribution in [0.15, 0.2) is 21.7 Å². The first-order valence-electron chi connectivity index (χ1n) is 7.79. The van der Waals surface area contributed by atoms with Gasteiger partial charge in [0.2, 0.25) is 5.95 Å². The first kappa shape index (κ1) is 18.3. The third-order valence-electron chi connectivity index (χ3n) is 4.16. The number of aromatic amines is 1. The molecule has 1 aliphatic rings. The van der Waals surface area contributed by atoms with Gasteiger partial charge in [0, 0.05) is 6.54 Å². The highest BCUT2D eigenvalue weighted by Crippen LogP contribution is 2.30. The number of ether oxygens (including phenoxy) is 1. The smallest absolute Gasteiger partial charge is 0.333 e. The van der Waals surface area contributed by atoms with E-state index in [1.165, 1.54) is 12.2 Å². The number of aliphatic hydroxyl groups excluding tert-OH is 4. The standard InChI is InChI=1S/C14H19N5O7/c15-13-16-10-7(11(24)17-13)18(3-1-2-4-20)14(25)19(10)12-9(23)8(22)6(5-21)26-12/h1-2,6,8-9,12,20-23H,3-5H2,(H3,15,16,17,24)/b2-1+. The Hall–Kier alpha value is -2.51. The number of hydrogen-bond donors (Lipinski definition) is 6. The summed E-state index contributed by atoms with van der Waals surface area (Å²) in [5.74, 6) is -0.244. The van der Waals surface area contributed by atoms with E-state index in [4.69, 9.17) is 15.6 Å². The van der Waals surface area contributed by atoms with Crippen LogP contribution in [0.2, 0.25) is 0 Å². The Kier molecular flexibility index (Phi) is 4.93. The van der Waals surface area contributed by atoms with Crippen molar-refractivity contribution >= 4 is 17.1 Å². The molecule has 1 fully saturated rings. The molecular weight excluding hydrogens is 350 g/mol. The van der Waals surface area contributed by atoms with Gasteiger partial charge in [-0.05, 0) is 0 Å². The number of imidazole rings is 1. The van der Waals surface area contributed by atoms with E-state index in [0.717, 1.165) is 9.13 Å². The van der Waals surface area contributed by atoms with Crippen LogP contribution in [0.4, 0.5) is 5.95 Å². The number of nitrogens with one attached hydrogen (secondary N) is 1. The lowest BCUT2D eigenvalue weighted by atomic mass is 10.1. The minimum atomic E-state index is -1.53. The monoisotopic (exact) mass is 369 g/mol. The zero-order valence-electron chi connectivity index (χ0n) is 13.5. The molecule has 4 unspecified atom stereocenters. The predicted octanol–water partition coefficient (Wildman–Crippen LogP) is -3.37. The molecule has 0 aromatic carbocycles. The summed E-state index contributed by atoms with van der Waals surface area (Å²) < 4.78 is 7.36. The minimum absolute atomic E-state index is 0.0492. The van der Waals surface area contributed by atoms with Crippen LogP contribution in [-0.2, 0) is 11.3 Å². The molecule has 0 radical (unpaired) electrons. The number of hydrogen-bond acceptors (Lipinski definition) is 9. The van der Waals surface area contributed by atoms with E-state index in [2.05, 4.69) is 9.97 Å². The van der Waals surface area contributed by atoms with Crippen LogP contribution in [0.5, 0.6) is 0 Å². The summed E-state index contributed by atoms with van der Waals surface area (Å²) in [6.07, 6.45) is -2.56. The van der Waals surface area contributed by atoms with Crippen molar-refractivity contribution in [3.05, 3.63) is 33.0 Å². The highest BCUT2D eigenvalue weighted by molar-refractivity contribution is 5.71. The summed E-state index contributed by atoms with van der Waals surface area (Å²) in [4.78, 5) is 31.4. The Morgan fingerprint density at radius 2 is 1.96 bits per heavy atom. The number of nitrogens with zero attached hydrogens (tertiary/aromatic N) is 3. The van der Waals surface area contributed by atoms with E-state index in [0.29, 0.717) is 0 Å². The van der Waals surface area contributed by atoms with Gasteiger partial charge in [-0.2, -0.15) is 4.98 Å². The van der Waals surface area contributed by atoms with Crippen molar-refractivity contribution in [1.29, 1.82) is 0 Å². The van der Waals surface area contributed by atoms with E-state index in [1.807, 2.05) is 0 Å². The van der Waals surface area contributed by atoms with Crippen molar-refractivity contribution in [1.82, 2.24) is 19.1 Å². The van der Waals surface area contributed by atoms with Gasteiger partial charge < -0.3 is 30.9 Å². The van der Waals surface area contributed by atoms with Gasteiger partial charge >= 0.3 is 5.69 Å². The molecule has 0 bridgehead atoms. The quantitative estimate of drug-likeness (QED) is 0.292. The topological polar surface area (TPSA) is 189 Å². The molecular formula is C14H19N5O7. The normalized spacial score (nSPS) is 26.3. The van der Waals surface area contributed by atoms with Crippen LogP contribution in [0, 0.1) is 0 Å². The average Bonchev–Trinajstić information content (AvgIpc) is 3.03. The highest BCUT2D eigenvalue weighted by atomic mass is 16.6. The van der Waals surface area contributed by atoms with Crippen LogP contribution in [0.3, 0.4) is 0 Å². The first-order chi connectivity index (χ1) is 12.4. The Morgan fingerprint density at radius 3 is 2.58 bits per heavy atom. The second kappa shape index (κ2) is 7.01. The molecule has 0 spiro atoms. The summed E-state index contributed by atoms with van der Waals surface area (Å²) in [5, 5.41) is 38.2. The molecule has 12 heteroatoms. The van der Waals surface area contributed by atoms with Crippen LogP contribution >= 0.6 is 0 Å². The van der Waals surface area contributed by atoms with Gasteiger partial charge in [-0.15, -0.1) is 0 Å². The van der Waals surface area contributed by atoms with Crippen molar-refractivity contribution in [2.45, 2.75) is 31.1 Å². The number of rotatable bonds is 5. The molecule has 4 atom stereocenters. The fourth-order valence-electron chi connectivity index (χ4n) is 2.95. The largest absolute Gasteiger partial charge is 0.394 e. The van der Waals surface area contributed by atoms with Gasteiger partial charge in [-0.3, -0.25) is 14.3 Å². The van der Waals surface area contributed by atoms with E-state index in [1.54, 1.807) is 0 Å². The van der Waals surface area contributed by atoms with Crippen molar-refractivity contribution in [2.75, 3.05) is 18.9 Å². The number of H-pyrrole nitrogens is 1. The van der Waals surface area contributed by atoms with Crippen molar-refractivity contribution in [3.63, 3.8) is 0 Å². The van der Waals surface area contributed by atoms with Crippen molar-refractivity contribution in [2.24, 2.45) is 0 Å². The number of aromatic nitrogens is 4. The molecule has 142 valence electrons. The Bertz CT molecular complexity index is 946. The SMILES string of the molecule is Nc1nc2c(c(=O)[nH]1)n(C/C=C/CO)c(=O)n2C1OC(CO)C(O)C1O. The number of nitrogen functional groups attached to an aromatic ring is 1. The number of aliphatic hydroxyl groups is 4. The molecule has 7 N–H and O–H groups in total. The van der Waals surface area contributed by atoms with Crippen LogP contribution in [0.25, 0.3) is 11.2 Å². The fourth-order valence-corrected chi connectivity index (χ4v) is 2.95. The molecule has 2 aromatic heterocycles. The van der Waals surface area contributed by atoms with E-state index in [-0.39, 0.29) is 30.3 Å². The Balaban J connectivity index is 2.23. The molecule has 0 aliphatic carbocycles. The molecule has 2 aromatic rings. The van der Waals surface area contributed by atoms with Crippen LogP contribution in [0.1, 0.15) is 6.23 Å². The summed E-state index contributed by atoms with van der Waals surface area (Å²) in [6, 6.07) is 0. The maximum absolute atomic E-state index is 12.8. The number of anilines is 1. The maximum atomic E-state index is 12.8. The third kappa shape index (κ3) is 2.83. The lowest BCUT2D eigenvalue weighted by Crippen LogP contribution is -2.36. The summed E-state index contributed by atoms with van der Waals surface area (Å²) in [7, 11) is 0. The highest BCUT2D eigenvalue weighted by Gasteiger charge is 2.45. The Labute approximate surface area is 145 Å². The molecule has 1 saturated heterocycles. The number of fused-ring (bicyclic) bond motifs is 1. The third-order valence-corrected chi connectivity index (χ3v) is 4.16. The Morgan fingerprint density at radius 1 is 1.23 bits per heavy atom. The summed E-state index contributed by atoms with van der Waals surface area (Å²) in [6.45, 7) is -0.867. The lowest BCUT2D eigenvalue weighted by molar-refractivity contribution is -0.0527. The molecule has 26 heavy (non-hydrogen) atoms. The summed E-state index contributed by atoms with van der Waals surface area (Å²) >= 11 is 0. The summed E-state index contributed by atoms with van der Waals surface area (Å²) in [5.41, 5.74) is 3.91. The van der Waals surface area contributed by atoms with E-state index < -0.39 is 42.4 Å². The minimum Gasteiger partial charge on any atom is -0.394 e. The molecule has 3 heterocycles. The van der Waals surface area contributed by atoms with E-state index >= 15 is 0 Å². The molecule has 0 amide bonds. The zero-order chi connectivity index (χ0) is 19.0. The number of allylic oxidation sites excluding steroid dienone is 1. The van der Waals surface area contributed by atoms with Gasteiger partial charge in [0.05, 0.1) is 13.2 Å². The first-order valence-corrected chi connectivity index (χ1v) is 7.79. The zero-order valence-corrected chi connectivity index (χ0v) is 13.5. The second-order valence-electron chi connectivity index (χ2n) is 5.77. The average molecular weight is 369 g/mol. The van der Waals surface area contributed by atoms with Crippen molar-refractivity contribution < 1.29 is 25.2 Å². The van der Waals surface area contributed by atoms with Crippen molar-refractivity contribution in [3.8, 4) is 0 Å². The fraction of sp³-hybridized carbons (Fsp3) is 0.500.